The lowest BCUT2D eigenvalue weighted by molar-refractivity contribution is -0.116. The van der Waals surface area contributed by atoms with E-state index in [0.717, 1.165) is 6.42 Å². The van der Waals surface area contributed by atoms with Crippen molar-refractivity contribution in [2.45, 2.75) is 26.7 Å². The minimum atomic E-state index is -0.393. The van der Waals surface area contributed by atoms with Gasteiger partial charge >= 0.3 is 0 Å². The molecule has 1 aromatic rings. The van der Waals surface area contributed by atoms with Gasteiger partial charge in [-0.25, -0.2) is 4.39 Å². The third-order valence-corrected chi connectivity index (χ3v) is 2.10. The van der Waals surface area contributed by atoms with Crippen LogP contribution in [0.15, 0.2) is 24.3 Å². The summed E-state index contributed by atoms with van der Waals surface area (Å²) < 4.78 is 13.1. The minimum absolute atomic E-state index is 0.131. The van der Waals surface area contributed by atoms with Crippen LogP contribution >= 0.6 is 0 Å². The summed E-state index contributed by atoms with van der Waals surface area (Å²) in [5.74, 6) is -0.0411. The Labute approximate surface area is 89.5 Å². The normalized spacial score (nSPS) is 10.4. The molecule has 0 unspecified atom stereocenters. The van der Waals surface area contributed by atoms with Crippen LogP contribution in [0.2, 0.25) is 0 Å². The molecule has 0 radical (unpaired) electrons. The van der Waals surface area contributed by atoms with Gasteiger partial charge in [-0.3, -0.25) is 4.79 Å². The fraction of sp³-hybridized carbons (Fsp3) is 0.417. The maximum atomic E-state index is 13.1. The van der Waals surface area contributed by atoms with Crippen LogP contribution < -0.4 is 5.32 Å². The van der Waals surface area contributed by atoms with Crippen LogP contribution in [0.3, 0.4) is 0 Å². The number of carbonyl (C=O) groups excluding carboxylic acids is 1. The van der Waals surface area contributed by atoms with E-state index in [9.17, 15) is 9.18 Å². The van der Waals surface area contributed by atoms with Gasteiger partial charge in [0.05, 0.1) is 5.69 Å². The number of para-hydroxylation sites is 1. The van der Waals surface area contributed by atoms with Crippen molar-refractivity contribution in [3.63, 3.8) is 0 Å². The quantitative estimate of drug-likeness (QED) is 0.810. The zero-order chi connectivity index (χ0) is 11.3. The number of hydrogen-bond donors (Lipinski definition) is 1. The number of nitrogens with one attached hydrogen (secondary N) is 1. The van der Waals surface area contributed by atoms with Gasteiger partial charge in [-0.2, -0.15) is 0 Å². The van der Waals surface area contributed by atoms with Crippen molar-refractivity contribution in [3.8, 4) is 0 Å². The molecule has 1 amide bonds. The maximum absolute atomic E-state index is 13.1. The highest BCUT2D eigenvalue weighted by Gasteiger charge is 2.06. The molecule has 2 nitrogen and oxygen atoms in total. The van der Waals surface area contributed by atoms with E-state index in [0.29, 0.717) is 12.3 Å². The highest BCUT2D eigenvalue weighted by Crippen LogP contribution is 2.13. The summed E-state index contributed by atoms with van der Waals surface area (Å²) in [6.07, 6.45) is 1.26. The molecule has 0 heterocycles. The van der Waals surface area contributed by atoms with Crippen molar-refractivity contribution in [2.24, 2.45) is 5.92 Å². The molecule has 0 bridgehead atoms. The summed E-state index contributed by atoms with van der Waals surface area (Å²) >= 11 is 0. The Morgan fingerprint density at radius 1 is 1.40 bits per heavy atom. The lowest BCUT2D eigenvalue weighted by Crippen LogP contribution is -2.13. The van der Waals surface area contributed by atoms with Crippen molar-refractivity contribution in [1.82, 2.24) is 0 Å². The summed E-state index contributed by atoms with van der Waals surface area (Å²) in [7, 11) is 0. The highest BCUT2D eigenvalue weighted by atomic mass is 19.1. The molecule has 0 spiro atoms. The van der Waals surface area contributed by atoms with Crippen molar-refractivity contribution >= 4 is 11.6 Å². The zero-order valence-corrected chi connectivity index (χ0v) is 9.09. The van der Waals surface area contributed by atoms with Gasteiger partial charge in [0.15, 0.2) is 0 Å². The standard InChI is InChI=1S/C12H16FNO/c1-9(2)7-8-12(15)14-11-6-4-3-5-10(11)13/h3-6,9H,7-8H2,1-2H3,(H,14,15). The van der Waals surface area contributed by atoms with Crippen molar-refractivity contribution in [1.29, 1.82) is 0 Å². The number of benzene rings is 1. The molecule has 0 atom stereocenters. The predicted octanol–water partition coefficient (Wildman–Crippen LogP) is 3.20. The minimum Gasteiger partial charge on any atom is -0.324 e. The first kappa shape index (κ1) is 11.7. The van der Waals surface area contributed by atoms with Gasteiger partial charge in [0.1, 0.15) is 5.82 Å². The Morgan fingerprint density at radius 2 is 2.07 bits per heavy atom. The number of rotatable bonds is 4. The maximum Gasteiger partial charge on any atom is 0.224 e. The number of amides is 1. The number of carbonyl (C=O) groups is 1. The first-order valence-electron chi connectivity index (χ1n) is 5.14. The average Bonchev–Trinajstić information content (AvgIpc) is 2.18. The highest BCUT2D eigenvalue weighted by molar-refractivity contribution is 5.90. The van der Waals surface area contributed by atoms with Crippen molar-refractivity contribution in [2.75, 3.05) is 5.32 Å². The van der Waals surface area contributed by atoms with Gasteiger partial charge < -0.3 is 5.32 Å². The first-order valence-corrected chi connectivity index (χ1v) is 5.14. The molecular weight excluding hydrogens is 193 g/mol. The van der Waals surface area contributed by atoms with E-state index in [1.807, 2.05) is 0 Å². The summed E-state index contributed by atoms with van der Waals surface area (Å²) in [6, 6.07) is 6.18. The molecule has 82 valence electrons. The Morgan fingerprint density at radius 3 is 2.67 bits per heavy atom. The molecule has 0 aromatic heterocycles. The molecule has 0 fully saturated rings. The van der Waals surface area contributed by atoms with Crippen LogP contribution in [0.4, 0.5) is 10.1 Å². The molecule has 3 heteroatoms. The van der Waals surface area contributed by atoms with E-state index in [-0.39, 0.29) is 11.6 Å². The lowest BCUT2D eigenvalue weighted by Gasteiger charge is -2.07. The van der Waals surface area contributed by atoms with Gasteiger partial charge in [-0.15, -0.1) is 0 Å². The molecule has 0 aliphatic heterocycles. The molecule has 1 N–H and O–H groups in total. The van der Waals surface area contributed by atoms with E-state index < -0.39 is 5.82 Å². The summed E-state index contributed by atoms with van der Waals surface area (Å²) in [5.41, 5.74) is 0.256. The SMILES string of the molecule is CC(C)CCC(=O)Nc1ccccc1F. The molecule has 1 aromatic carbocycles. The Bertz CT molecular complexity index is 336. The third kappa shape index (κ3) is 4.11. The fourth-order valence-electron chi connectivity index (χ4n) is 1.20. The van der Waals surface area contributed by atoms with Gasteiger partial charge in [0, 0.05) is 6.42 Å². The Hall–Kier alpha value is -1.38. The van der Waals surface area contributed by atoms with E-state index in [2.05, 4.69) is 19.2 Å². The fourth-order valence-corrected chi connectivity index (χ4v) is 1.20. The third-order valence-electron chi connectivity index (χ3n) is 2.10. The lowest BCUT2D eigenvalue weighted by atomic mass is 10.1. The van der Waals surface area contributed by atoms with E-state index in [1.165, 1.54) is 6.07 Å². The summed E-state index contributed by atoms with van der Waals surface area (Å²) in [4.78, 5) is 11.4. The zero-order valence-electron chi connectivity index (χ0n) is 9.09. The average molecular weight is 209 g/mol. The van der Waals surface area contributed by atoms with E-state index in [1.54, 1.807) is 18.2 Å². The van der Waals surface area contributed by atoms with Gasteiger partial charge in [-0.1, -0.05) is 26.0 Å². The molecule has 15 heavy (non-hydrogen) atoms. The van der Waals surface area contributed by atoms with Crippen LogP contribution in [0.25, 0.3) is 0 Å². The van der Waals surface area contributed by atoms with Gasteiger partial charge in [0.25, 0.3) is 0 Å². The number of hydrogen-bond acceptors (Lipinski definition) is 1. The van der Waals surface area contributed by atoms with Gasteiger partial charge in [0.2, 0.25) is 5.91 Å². The topological polar surface area (TPSA) is 29.1 Å². The van der Waals surface area contributed by atoms with Crippen molar-refractivity contribution < 1.29 is 9.18 Å². The molecular formula is C12H16FNO. The molecule has 1 rings (SSSR count). The number of anilines is 1. The summed E-state index contributed by atoms with van der Waals surface area (Å²) in [5, 5.41) is 2.55. The van der Waals surface area contributed by atoms with E-state index in [4.69, 9.17) is 0 Å². The van der Waals surface area contributed by atoms with Crippen LogP contribution in [0, 0.1) is 11.7 Å². The molecule has 0 aliphatic rings. The second kappa shape index (κ2) is 5.49. The monoisotopic (exact) mass is 209 g/mol. The largest absolute Gasteiger partial charge is 0.324 e. The molecule has 0 saturated carbocycles. The van der Waals surface area contributed by atoms with E-state index >= 15 is 0 Å². The van der Waals surface area contributed by atoms with Crippen LogP contribution in [-0.4, -0.2) is 5.91 Å². The summed E-state index contributed by atoms with van der Waals surface area (Å²) in [6.45, 7) is 4.10. The Balaban J connectivity index is 2.48. The van der Waals surface area contributed by atoms with Crippen LogP contribution in [-0.2, 0) is 4.79 Å². The smallest absolute Gasteiger partial charge is 0.224 e. The second-order valence-corrected chi connectivity index (χ2v) is 3.96. The first-order chi connectivity index (χ1) is 7.09. The van der Waals surface area contributed by atoms with Crippen LogP contribution in [0.1, 0.15) is 26.7 Å². The molecule has 0 saturated heterocycles. The van der Waals surface area contributed by atoms with Crippen LogP contribution in [0.5, 0.6) is 0 Å². The van der Waals surface area contributed by atoms with Crippen molar-refractivity contribution in [3.05, 3.63) is 30.1 Å². The second-order valence-electron chi connectivity index (χ2n) is 3.96. The van der Waals surface area contributed by atoms with Gasteiger partial charge in [-0.05, 0) is 24.5 Å². The molecule has 0 aliphatic carbocycles. The number of halogens is 1. The predicted molar refractivity (Wildman–Crippen MR) is 59.1 cm³/mol. The Kier molecular flexibility index (Phi) is 4.28.